The number of unbranched alkanes of at least 4 members (excludes halogenated alkanes) is 1. The topological polar surface area (TPSA) is 140 Å². The van der Waals surface area contributed by atoms with Crippen LogP contribution in [0.2, 0.25) is 0 Å². The highest BCUT2D eigenvalue weighted by atomic mass is 16.5. The Hall–Kier alpha value is -3.69. The highest BCUT2D eigenvalue weighted by molar-refractivity contribution is 6.07. The second-order valence-electron chi connectivity index (χ2n) is 6.77. The maximum atomic E-state index is 13.1. The number of nitrogens with two attached hydrogens (primary N) is 1. The van der Waals surface area contributed by atoms with Crippen molar-refractivity contribution in [3.8, 4) is 11.5 Å². The van der Waals surface area contributed by atoms with Gasteiger partial charge in [-0.3, -0.25) is 19.1 Å². The minimum Gasteiger partial charge on any atom is -0.383 e. The van der Waals surface area contributed by atoms with E-state index in [9.17, 15) is 14.4 Å². The van der Waals surface area contributed by atoms with Crippen molar-refractivity contribution in [3.05, 3.63) is 56.5 Å². The predicted octanol–water partition coefficient (Wildman–Crippen LogP) is 1.94. The summed E-state index contributed by atoms with van der Waals surface area (Å²) in [4.78, 5) is 45.4. The number of H-pyrrole nitrogens is 1. The molecule has 10 heteroatoms. The molecule has 0 saturated carbocycles. The van der Waals surface area contributed by atoms with Gasteiger partial charge in [0.05, 0.1) is 0 Å². The van der Waals surface area contributed by atoms with Gasteiger partial charge in [0.25, 0.3) is 17.4 Å². The molecule has 158 valence electrons. The number of nitrogens with zero attached hydrogens (tertiary/aromatic N) is 4. The van der Waals surface area contributed by atoms with Crippen LogP contribution in [0.15, 0.2) is 38.4 Å². The van der Waals surface area contributed by atoms with Gasteiger partial charge in [-0.15, -0.1) is 0 Å². The normalized spacial score (nSPS) is 10.9. The fourth-order valence-electron chi connectivity index (χ4n) is 3.11. The first-order valence-electron chi connectivity index (χ1n) is 9.72. The lowest BCUT2D eigenvalue weighted by Gasteiger charge is -2.23. The zero-order valence-corrected chi connectivity index (χ0v) is 17.1. The Balaban J connectivity index is 1.97. The Kier molecular flexibility index (Phi) is 6.14. The summed E-state index contributed by atoms with van der Waals surface area (Å²) in [6.07, 6.45) is 1.56. The van der Waals surface area contributed by atoms with Gasteiger partial charge in [0.2, 0.25) is 0 Å². The molecule has 0 saturated heterocycles. The van der Waals surface area contributed by atoms with Gasteiger partial charge in [0.15, 0.2) is 11.5 Å². The van der Waals surface area contributed by atoms with Crippen LogP contribution in [0.25, 0.3) is 11.5 Å². The number of aryl methyl sites for hydroxylation is 1. The summed E-state index contributed by atoms with van der Waals surface area (Å²) in [5.74, 6) is 0.423. The van der Waals surface area contributed by atoms with Crippen molar-refractivity contribution in [1.29, 1.82) is 0 Å². The summed E-state index contributed by atoms with van der Waals surface area (Å²) in [6.45, 7) is 5.98. The molecule has 2 heterocycles. The lowest BCUT2D eigenvalue weighted by Crippen LogP contribution is -2.41. The van der Waals surface area contributed by atoms with Gasteiger partial charge in [-0.25, -0.2) is 4.79 Å². The van der Waals surface area contributed by atoms with Crippen molar-refractivity contribution < 1.29 is 9.32 Å². The maximum absolute atomic E-state index is 13.1. The van der Waals surface area contributed by atoms with Gasteiger partial charge >= 0.3 is 5.69 Å². The van der Waals surface area contributed by atoms with Crippen molar-refractivity contribution in [2.24, 2.45) is 0 Å². The zero-order chi connectivity index (χ0) is 21.8. The number of nitrogens with one attached hydrogen (secondary N) is 1. The highest BCUT2D eigenvalue weighted by Crippen LogP contribution is 2.22. The first-order chi connectivity index (χ1) is 14.4. The lowest BCUT2D eigenvalue weighted by molar-refractivity contribution is 0.0988. The van der Waals surface area contributed by atoms with E-state index in [0.717, 1.165) is 6.42 Å². The van der Waals surface area contributed by atoms with Gasteiger partial charge in [0.1, 0.15) is 5.82 Å². The molecule has 3 rings (SSSR count). The van der Waals surface area contributed by atoms with E-state index >= 15 is 0 Å². The average molecular weight is 412 g/mol. The molecule has 0 radical (unpaired) electrons. The van der Waals surface area contributed by atoms with Crippen LogP contribution in [0.1, 0.15) is 42.9 Å². The van der Waals surface area contributed by atoms with Gasteiger partial charge in [-0.1, -0.05) is 18.5 Å². The molecular formula is C20H24N6O4. The largest absolute Gasteiger partial charge is 0.383 e. The minimum absolute atomic E-state index is 0.0228. The van der Waals surface area contributed by atoms with Crippen molar-refractivity contribution >= 4 is 17.4 Å². The number of aromatic nitrogens is 4. The Morgan fingerprint density at radius 1 is 1.23 bits per heavy atom. The number of carbonyl (C=O) groups is 1. The number of aromatic amines is 1. The first-order valence-corrected chi connectivity index (χ1v) is 9.72. The van der Waals surface area contributed by atoms with Gasteiger partial charge in [0, 0.05) is 24.2 Å². The van der Waals surface area contributed by atoms with Crippen LogP contribution in [0.5, 0.6) is 0 Å². The van der Waals surface area contributed by atoms with E-state index in [2.05, 4.69) is 15.1 Å². The summed E-state index contributed by atoms with van der Waals surface area (Å²) in [7, 11) is 0. The number of carbonyl (C=O) groups excluding carboxylic acids is 1. The molecule has 0 spiro atoms. The van der Waals surface area contributed by atoms with Crippen LogP contribution in [0, 0.1) is 6.92 Å². The number of anilines is 2. The van der Waals surface area contributed by atoms with Gasteiger partial charge < -0.3 is 15.2 Å². The molecule has 0 unspecified atom stereocenters. The molecule has 3 N–H and O–H groups in total. The maximum Gasteiger partial charge on any atom is 0.330 e. The molecular weight excluding hydrogens is 388 g/mol. The predicted molar refractivity (Wildman–Crippen MR) is 112 cm³/mol. The van der Waals surface area contributed by atoms with Gasteiger partial charge in [-0.2, -0.15) is 4.98 Å². The summed E-state index contributed by atoms with van der Waals surface area (Å²) in [5.41, 5.74) is 5.84. The molecule has 0 atom stereocenters. The minimum atomic E-state index is -0.696. The third-order valence-electron chi connectivity index (χ3n) is 4.69. The summed E-state index contributed by atoms with van der Waals surface area (Å²) >= 11 is 0. The Bertz CT molecular complexity index is 1160. The zero-order valence-electron chi connectivity index (χ0n) is 17.1. The fourth-order valence-corrected chi connectivity index (χ4v) is 3.11. The molecule has 3 aromatic rings. The second kappa shape index (κ2) is 8.76. The van der Waals surface area contributed by atoms with E-state index in [1.807, 2.05) is 6.92 Å². The molecule has 0 aliphatic heterocycles. The summed E-state index contributed by atoms with van der Waals surface area (Å²) in [5, 5.41) is 3.75. The Morgan fingerprint density at radius 3 is 2.50 bits per heavy atom. The standard InChI is InChI=1S/C20H24N6O4/c1-4-6-11-26-16(21)15(17(27)23-20(26)29)25(5-2)19(28)14-9-7-13(8-10-14)18-22-12(3)24-30-18/h7-10H,4-6,11,21H2,1-3H3,(H,23,27,29). The fraction of sp³-hybridized carbons (Fsp3) is 0.350. The highest BCUT2D eigenvalue weighted by Gasteiger charge is 2.24. The van der Waals surface area contributed by atoms with E-state index in [1.165, 1.54) is 9.47 Å². The summed E-state index contributed by atoms with van der Waals surface area (Å²) < 4.78 is 6.41. The lowest BCUT2D eigenvalue weighted by atomic mass is 10.1. The molecule has 0 fully saturated rings. The Morgan fingerprint density at radius 2 is 1.93 bits per heavy atom. The van der Waals surface area contributed by atoms with Crippen LogP contribution >= 0.6 is 0 Å². The van der Waals surface area contributed by atoms with E-state index in [-0.39, 0.29) is 18.1 Å². The van der Waals surface area contributed by atoms with Gasteiger partial charge in [-0.05, 0) is 44.5 Å². The monoisotopic (exact) mass is 412 g/mol. The summed E-state index contributed by atoms with van der Waals surface area (Å²) in [6, 6.07) is 6.59. The van der Waals surface area contributed by atoms with E-state index < -0.39 is 17.2 Å². The van der Waals surface area contributed by atoms with Crippen LogP contribution in [-0.4, -0.2) is 32.1 Å². The number of nitrogen functional groups attached to an aromatic ring is 1. The van der Waals surface area contributed by atoms with Crippen molar-refractivity contribution in [2.75, 3.05) is 17.2 Å². The number of hydrogen-bond donors (Lipinski definition) is 2. The third-order valence-corrected chi connectivity index (χ3v) is 4.69. The molecule has 1 aromatic carbocycles. The number of rotatable bonds is 7. The quantitative estimate of drug-likeness (QED) is 0.604. The van der Waals surface area contributed by atoms with Crippen molar-refractivity contribution in [2.45, 2.75) is 40.2 Å². The number of hydrogen-bond acceptors (Lipinski definition) is 7. The number of amides is 1. The average Bonchev–Trinajstić information content (AvgIpc) is 3.17. The molecule has 10 nitrogen and oxygen atoms in total. The molecule has 0 aliphatic carbocycles. The SMILES string of the molecule is CCCCn1c(N)c(N(CC)C(=O)c2ccc(-c3nc(C)no3)cc2)c(=O)[nH]c1=O. The van der Waals surface area contributed by atoms with Crippen molar-refractivity contribution in [3.63, 3.8) is 0 Å². The third kappa shape index (κ3) is 4.02. The molecule has 2 aromatic heterocycles. The van der Waals surface area contributed by atoms with E-state index in [1.54, 1.807) is 38.1 Å². The molecule has 0 aliphatic rings. The molecule has 30 heavy (non-hydrogen) atoms. The molecule has 0 bridgehead atoms. The first kappa shape index (κ1) is 21.0. The van der Waals surface area contributed by atoms with Crippen LogP contribution in [0.4, 0.5) is 11.5 Å². The van der Waals surface area contributed by atoms with E-state index in [4.69, 9.17) is 10.3 Å². The Labute approximate surface area is 172 Å². The van der Waals surface area contributed by atoms with E-state index in [0.29, 0.717) is 35.8 Å². The van der Waals surface area contributed by atoms with Crippen LogP contribution in [-0.2, 0) is 6.54 Å². The van der Waals surface area contributed by atoms with Crippen LogP contribution < -0.4 is 21.9 Å². The smallest absolute Gasteiger partial charge is 0.330 e. The number of benzene rings is 1. The van der Waals surface area contributed by atoms with Crippen molar-refractivity contribution in [1.82, 2.24) is 19.7 Å². The molecule has 1 amide bonds. The second-order valence-corrected chi connectivity index (χ2v) is 6.77. The van der Waals surface area contributed by atoms with Crippen LogP contribution in [0.3, 0.4) is 0 Å².